The van der Waals surface area contributed by atoms with Crippen LogP contribution in [-0.4, -0.2) is 28.4 Å². The van der Waals surface area contributed by atoms with Crippen LogP contribution in [0.1, 0.15) is 39.1 Å². The third-order valence-electron chi connectivity index (χ3n) is 2.18. The third kappa shape index (κ3) is 2.44. The minimum atomic E-state index is -1.22. The van der Waals surface area contributed by atoms with Gasteiger partial charge in [-0.25, -0.2) is 9.59 Å². The van der Waals surface area contributed by atoms with E-state index in [0.717, 1.165) is 6.07 Å². The number of hydrogen-bond donors (Lipinski definition) is 2. The van der Waals surface area contributed by atoms with Crippen molar-refractivity contribution in [2.24, 2.45) is 0 Å². The lowest BCUT2D eigenvalue weighted by Gasteiger charge is -2.07. The summed E-state index contributed by atoms with van der Waals surface area (Å²) in [5.74, 6) is -2.97. The fraction of sp³-hybridized carbons (Fsp3) is 0.182. The van der Waals surface area contributed by atoms with Gasteiger partial charge >= 0.3 is 11.9 Å². The van der Waals surface area contributed by atoms with Crippen LogP contribution in [0, 0.1) is 0 Å². The van der Waals surface area contributed by atoms with Crippen LogP contribution in [0.4, 0.5) is 0 Å². The number of carboxylic acid groups (broad SMARTS) is 2. The van der Waals surface area contributed by atoms with E-state index >= 15 is 0 Å². The second kappa shape index (κ2) is 4.57. The molecule has 5 heteroatoms. The minimum Gasteiger partial charge on any atom is -0.478 e. The van der Waals surface area contributed by atoms with Gasteiger partial charge in [-0.1, -0.05) is 6.92 Å². The Labute approximate surface area is 91.3 Å². The van der Waals surface area contributed by atoms with Crippen LogP contribution in [0.5, 0.6) is 0 Å². The van der Waals surface area contributed by atoms with Crippen molar-refractivity contribution in [3.8, 4) is 0 Å². The lowest BCUT2D eigenvalue weighted by atomic mass is 9.97. The zero-order chi connectivity index (χ0) is 12.3. The molecule has 0 aromatic heterocycles. The topological polar surface area (TPSA) is 91.7 Å². The molecule has 0 spiro atoms. The highest BCUT2D eigenvalue weighted by Crippen LogP contribution is 2.18. The van der Waals surface area contributed by atoms with Gasteiger partial charge in [-0.15, -0.1) is 0 Å². The molecule has 1 rings (SSSR count). The smallest absolute Gasteiger partial charge is 0.335 e. The first-order valence-corrected chi connectivity index (χ1v) is 4.52. The van der Waals surface area contributed by atoms with Gasteiger partial charge in [0, 0.05) is 5.92 Å². The Morgan fingerprint density at radius 2 is 1.56 bits per heavy atom. The fourth-order valence-corrected chi connectivity index (χ4v) is 1.24. The summed E-state index contributed by atoms with van der Waals surface area (Å²) < 4.78 is 0. The Bertz CT molecular complexity index is 417. The third-order valence-corrected chi connectivity index (χ3v) is 2.18. The first kappa shape index (κ1) is 11.9. The Morgan fingerprint density at radius 1 is 1.12 bits per heavy atom. The van der Waals surface area contributed by atoms with E-state index in [-0.39, 0.29) is 11.1 Å². The Balaban J connectivity index is 3.34. The summed E-state index contributed by atoms with van der Waals surface area (Å²) >= 11 is 0. The second-order valence-corrected chi connectivity index (χ2v) is 3.38. The summed E-state index contributed by atoms with van der Waals surface area (Å²) in [7, 11) is 0. The van der Waals surface area contributed by atoms with E-state index in [1.165, 1.54) is 12.1 Å². The predicted molar refractivity (Wildman–Crippen MR) is 54.8 cm³/mol. The number of aromatic carboxylic acids is 2. The van der Waals surface area contributed by atoms with Gasteiger partial charge in [0.2, 0.25) is 0 Å². The largest absolute Gasteiger partial charge is 0.478 e. The Morgan fingerprint density at radius 3 is 1.88 bits per heavy atom. The van der Waals surface area contributed by atoms with Crippen LogP contribution >= 0.6 is 0 Å². The van der Waals surface area contributed by atoms with Crippen LogP contribution in [0.3, 0.4) is 0 Å². The van der Waals surface area contributed by atoms with Crippen LogP contribution in [0.25, 0.3) is 0 Å². The number of hydrogen-bond acceptors (Lipinski definition) is 3. The van der Waals surface area contributed by atoms with Crippen molar-refractivity contribution in [1.29, 1.82) is 0 Å². The fourth-order valence-electron chi connectivity index (χ4n) is 1.24. The normalized spacial score (nSPS) is 11.8. The molecule has 0 aliphatic rings. The van der Waals surface area contributed by atoms with Crippen LogP contribution in [-0.2, 0) is 4.79 Å². The molecule has 1 atom stereocenters. The second-order valence-electron chi connectivity index (χ2n) is 3.38. The maximum atomic E-state index is 10.8. The molecule has 84 valence electrons. The number of carbonyl (C=O) groups excluding carboxylic acids is 1. The minimum absolute atomic E-state index is 0.136. The highest BCUT2D eigenvalue weighted by Gasteiger charge is 2.14. The van der Waals surface area contributed by atoms with Crippen molar-refractivity contribution >= 4 is 18.2 Å². The highest BCUT2D eigenvalue weighted by molar-refractivity contribution is 5.94. The van der Waals surface area contributed by atoms with E-state index in [2.05, 4.69) is 0 Å². The molecule has 0 amide bonds. The van der Waals surface area contributed by atoms with Crippen LogP contribution in [0.2, 0.25) is 0 Å². The van der Waals surface area contributed by atoms with Gasteiger partial charge in [-0.05, 0) is 23.8 Å². The van der Waals surface area contributed by atoms with Gasteiger partial charge in [0.05, 0.1) is 11.1 Å². The summed E-state index contributed by atoms with van der Waals surface area (Å²) in [5, 5.41) is 17.6. The molecule has 0 radical (unpaired) electrons. The predicted octanol–water partition coefficient (Wildman–Crippen LogP) is 1.39. The summed E-state index contributed by atoms with van der Waals surface area (Å²) in [4.78, 5) is 32.1. The highest BCUT2D eigenvalue weighted by atomic mass is 16.4. The zero-order valence-electron chi connectivity index (χ0n) is 8.51. The summed E-state index contributed by atoms with van der Waals surface area (Å²) in [6.45, 7) is 1.57. The molecule has 16 heavy (non-hydrogen) atoms. The van der Waals surface area contributed by atoms with Crippen molar-refractivity contribution in [3.05, 3.63) is 34.9 Å². The SMILES string of the molecule is CC(C=O)c1cc(C(=O)O)cc(C(=O)O)c1. The lowest BCUT2D eigenvalue weighted by Crippen LogP contribution is -2.06. The van der Waals surface area contributed by atoms with Crippen molar-refractivity contribution in [2.45, 2.75) is 12.8 Å². The molecule has 1 aromatic rings. The molecular formula is C11H10O5. The molecule has 0 saturated heterocycles. The average molecular weight is 222 g/mol. The molecule has 1 unspecified atom stereocenters. The molecule has 5 nitrogen and oxygen atoms in total. The van der Waals surface area contributed by atoms with E-state index in [1.54, 1.807) is 6.92 Å². The van der Waals surface area contributed by atoms with Crippen molar-refractivity contribution in [2.75, 3.05) is 0 Å². The summed E-state index contributed by atoms with van der Waals surface area (Å²) in [6, 6.07) is 3.66. The van der Waals surface area contributed by atoms with Gasteiger partial charge < -0.3 is 15.0 Å². The molecule has 1 aromatic carbocycles. The van der Waals surface area contributed by atoms with Gasteiger partial charge in [0.1, 0.15) is 6.29 Å². The van der Waals surface area contributed by atoms with Crippen LogP contribution < -0.4 is 0 Å². The maximum absolute atomic E-state index is 10.8. The van der Waals surface area contributed by atoms with E-state index < -0.39 is 17.9 Å². The van der Waals surface area contributed by atoms with Crippen molar-refractivity contribution in [3.63, 3.8) is 0 Å². The molecule has 0 fully saturated rings. The lowest BCUT2D eigenvalue weighted by molar-refractivity contribution is -0.108. The van der Waals surface area contributed by atoms with Gasteiger partial charge in [0.15, 0.2) is 0 Å². The quantitative estimate of drug-likeness (QED) is 0.751. The van der Waals surface area contributed by atoms with E-state index in [0.29, 0.717) is 11.8 Å². The van der Waals surface area contributed by atoms with E-state index in [1.807, 2.05) is 0 Å². The van der Waals surface area contributed by atoms with Crippen molar-refractivity contribution < 1.29 is 24.6 Å². The Hall–Kier alpha value is -2.17. The maximum Gasteiger partial charge on any atom is 0.335 e. The average Bonchev–Trinajstić information content (AvgIpc) is 2.27. The standard InChI is InChI=1S/C11H10O5/c1-6(5-12)7-2-8(10(13)14)4-9(3-7)11(15)16/h2-6H,1H3,(H,13,14)(H,15,16). The molecule has 2 N–H and O–H groups in total. The molecule has 0 heterocycles. The van der Waals surface area contributed by atoms with E-state index in [4.69, 9.17) is 10.2 Å². The molecular weight excluding hydrogens is 212 g/mol. The van der Waals surface area contributed by atoms with Gasteiger partial charge in [0.25, 0.3) is 0 Å². The number of benzene rings is 1. The van der Waals surface area contributed by atoms with Gasteiger partial charge in [-0.2, -0.15) is 0 Å². The number of carboxylic acids is 2. The summed E-state index contributed by atoms with van der Waals surface area (Å²) in [6.07, 6.45) is 0.632. The van der Waals surface area contributed by atoms with Crippen LogP contribution in [0.15, 0.2) is 18.2 Å². The first-order chi connectivity index (χ1) is 7.45. The molecule has 0 aliphatic heterocycles. The zero-order valence-corrected chi connectivity index (χ0v) is 8.51. The Kier molecular flexibility index (Phi) is 3.40. The first-order valence-electron chi connectivity index (χ1n) is 4.52. The molecule has 0 bridgehead atoms. The number of aldehydes is 1. The molecule has 0 aliphatic carbocycles. The van der Waals surface area contributed by atoms with Crippen molar-refractivity contribution in [1.82, 2.24) is 0 Å². The monoisotopic (exact) mass is 222 g/mol. The summed E-state index contributed by atoms with van der Waals surface area (Å²) in [5.41, 5.74) is 0.111. The van der Waals surface area contributed by atoms with Gasteiger partial charge in [-0.3, -0.25) is 0 Å². The number of carbonyl (C=O) groups is 3. The number of rotatable bonds is 4. The van der Waals surface area contributed by atoms with E-state index in [9.17, 15) is 14.4 Å². The molecule has 0 saturated carbocycles.